The number of benzene rings is 1. The van der Waals surface area contributed by atoms with Gasteiger partial charge in [-0.05, 0) is 46.6 Å². The molecule has 1 heterocycles. The second-order valence-corrected chi connectivity index (χ2v) is 8.16. The van der Waals surface area contributed by atoms with Gasteiger partial charge in [-0.15, -0.1) is 11.3 Å². The van der Waals surface area contributed by atoms with Gasteiger partial charge in [-0.25, -0.2) is 4.79 Å². The van der Waals surface area contributed by atoms with Crippen LogP contribution in [0.5, 0.6) is 0 Å². The highest BCUT2D eigenvalue weighted by molar-refractivity contribution is 9.11. The minimum atomic E-state index is -0.0808. The number of nitrogens with zero attached hydrogens (tertiary/aromatic N) is 1. The van der Waals surface area contributed by atoms with Gasteiger partial charge in [-0.2, -0.15) is 0 Å². The predicted octanol–water partition coefficient (Wildman–Crippen LogP) is 5.18. The number of carbonyl (C=O) groups excluding carboxylic acids is 1. The van der Waals surface area contributed by atoms with E-state index >= 15 is 0 Å². The summed E-state index contributed by atoms with van der Waals surface area (Å²) in [5.74, 6) is 0. The molecular formula is C15H16Br2N2OS. The number of amides is 2. The van der Waals surface area contributed by atoms with Crippen molar-refractivity contribution >= 4 is 49.2 Å². The highest BCUT2D eigenvalue weighted by Gasteiger charge is 2.15. The number of rotatable bonds is 4. The maximum absolute atomic E-state index is 12.2. The second-order valence-electron chi connectivity index (χ2n) is 4.75. The van der Waals surface area contributed by atoms with Crippen LogP contribution in [0.1, 0.15) is 23.4 Å². The number of hydrogen-bond donors (Lipinski definition) is 1. The van der Waals surface area contributed by atoms with Crippen molar-refractivity contribution in [2.24, 2.45) is 0 Å². The van der Waals surface area contributed by atoms with Crippen LogP contribution in [0.3, 0.4) is 0 Å². The van der Waals surface area contributed by atoms with Crippen LogP contribution >= 0.6 is 43.2 Å². The topological polar surface area (TPSA) is 32.3 Å². The van der Waals surface area contributed by atoms with E-state index in [4.69, 9.17) is 0 Å². The van der Waals surface area contributed by atoms with Crippen molar-refractivity contribution in [1.29, 1.82) is 0 Å². The lowest BCUT2D eigenvalue weighted by Crippen LogP contribution is -2.38. The zero-order chi connectivity index (χ0) is 15.4. The zero-order valence-electron chi connectivity index (χ0n) is 11.8. The van der Waals surface area contributed by atoms with E-state index in [1.807, 2.05) is 43.3 Å². The molecule has 0 bridgehead atoms. The summed E-state index contributed by atoms with van der Waals surface area (Å²) in [5, 5.41) is 3.01. The summed E-state index contributed by atoms with van der Waals surface area (Å²) >= 11 is 8.58. The highest BCUT2D eigenvalue weighted by atomic mass is 79.9. The number of hydrogen-bond acceptors (Lipinski definition) is 2. The van der Waals surface area contributed by atoms with Crippen LogP contribution in [-0.4, -0.2) is 18.0 Å². The van der Waals surface area contributed by atoms with E-state index in [2.05, 4.69) is 37.2 Å². The fraction of sp³-hybridized carbons (Fsp3) is 0.267. The Kier molecular flexibility index (Phi) is 5.84. The summed E-state index contributed by atoms with van der Waals surface area (Å²) in [6, 6.07) is 11.8. The fourth-order valence-electron chi connectivity index (χ4n) is 1.94. The van der Waals surface area contributed by atoms with Gasteiger partial charge in [0.05, 0.1) is 16.4 Å². The van der Waals surface area contributed by atoms with Crippen LogP contribution < -0.4 is 5.32 Å². The van der Waals surface area contributed by atoms with Gasteiger partial charge in [0.1, 0.15) is 0 Å². The SMILES string of the molecule is CC(NC(=O)N(C)Cc1ccc(Br)s1)c1ccccc1Br. The molecule has 0 saturated carbocycles. The van der Waals surface area contributed by atoms with E-state index in [1.165, 1.54) is 0 Å². The first-order valence-corrected chi connectivity index (χ1v) is 8.88. The van der Waals surface area contributed by atoms with Crippen LogP contribution in [0, 0.1) is 0 Å². The Morgan fingerprint density at radius 3 is 2.62 bits per heavy atom. The van der Waals surface area contributed by atoms with Crippen LogP contribution in [0.25, 0.3) is 0 Å². The Balaban J connectivity index is 1.96. The van der Waals surface area contributed by atoms with E-state index in [0.717, 1.165) is 18.7 Å². The van der Waals surface area contributed by atoms with E-state index < -0.39 is 0 Å². The summed E-state index contributed by atoms with van der Waals surface area (Å²) in [6.45, 7) is 2.58. The average Bonchev–Trinajstić information content (AvgIpc) is 2.84. The maximum Gasteiger partial charge on any atom is 0.317 e. The molecule has 0 radical (unpaired) electrons. The van der Waals surface area contributed by atoms with Gasteiger partial charge in [0, 0.05) is 16.4 Å². The molecule has 2 amide bonds. The van der Waals surface area contributed by atoms with Crippen molar-refractivity contribution in [2.45, 2.75) is 19.5 Å². The molecule has 1 N–H and O–H groups in total. The van der Waals surface area contributed by atoms with Crippen LogP contribution in [-0.2, 0) is 6.54 Å². The Labute approximate surface area is 145 Å². The van der Waals surface area contributed by atoms with Gasteiger partial charge in [-0.3, -0.25) is 0 Å². The van der Waals surface area contributed by atoms with Crippen LogP contribution in [0.2, 0.25) is 0 Å². The first-order valence-electron chi connectivity index (χ1n) is 6.47. The summed E-state index contributed by atoms with van der Waals surface area (Å²) < 4.78 is 2.08. The molecular weight excluding hydrogens is 416 g/mol. The first kappa shape index (κ1) is 16.5. The van der Waals surface area contributed by atoms with Gasteiger partial charge in [0.15, 0.2) is 0 Å². The Morgan fingerprint density at radius 1 is 1.29 bits per heavy atom. The van der Waals surface area contributed by atoms with E-state index in [1.54, 1.807) is 23.3 Å². The number of carbonyl (C=O) groups is 1. The van der Waals surface area contributed by atoms with Crippen molar-refractivity contribution < 1.29 is 4.79 Å². The Morgan fingerprint density at radius 2 is 2.00 bits per heavy atom. The van der Waals surface area contributed by atoms with Crippen molar-refractivity contribution in [3.63, 3.8) is 0 Å². The quantitative estimate of drug-likeness (QED) is 0.710. The summed E-state index contributed by atoms with van der Waals surface area (Å²) in [5.41, 5.74) is 1.07. The first-order chi connectivity index (χ1) is 9.97. The van der Waals surface area contributed by atoms with E-state index in [9.17, 15) is 4.79 Å². The Bertz CT molecular complexity index is 630. The lowest BCUT2D eigenvalue weighted by molar-refractivity contribution is 0.204. The average molecular weight is 432 g/mol. The molecule has 0 fully saturated rings. The van der Waals surface area contributed by atoms with Gasteiger partial charge in [0.2, 0.25) is 0 Å². The van der Waals surface area contributed by atoms with Gasteiger partial charge in [-0.1, -0.05) is 34.1 Å². The largest absolute Gasteiger partial charge is 0.331 e. The summed E-state index contributed by atoms with van der Waals surface area (Å²) in [4.78, 5) is 15.1. The molecule has 1 unspecified atom stereocenters. The molecule has 6 heteroatoms. The zero-order valence-corrected chi connectivity index (χ0v) is 15.8. The van der Waals surface area contributed by atoms with Crippen LogP contribution in [0.4, 0.5) is 4.79 Å². The number of halogens is 2. The van der Waals surface area contributed by atoms with Gasteiger partial charge >= 0.3 is 6.03 Å². The van der Waals surface area contributed by atoms with Crippen molar-refractivity contribution in [3.05, 3.63) is 55.1 Å². The molecule has 1 atom stereocenters. The summed E-state index contributed by atoms with van der Waals surface area (Å²) in [7, 11) is 1.80. The lowest BCUT2D eigenvalue weighted by Gasteiger charge is -2.21. The standard InChI is InChI=1S/C15H16Br2N2OS/c1-10(12-5-3-4-6-13(12)16)18-15(20)19(2)9-11-7-8-14(17)21-11/h3-8,10H,9H2,1-2H3,(H,18,20). The maximum atomic E-state index is 12.2. The molecule has 0 aliphatic rings. The predicted molar refractivity (Wildman–Crippen MR) is 94.6 cm³/mol. The number of nitrogens with one attached hydrogen (secondary N) is 1. The fourth-order valence-corrected chi connectivity index (χ4v) is 4.11. The van der Waals surface area contributed by atoms with Gasteiger partial charge < -0.3 is 10.2 Å². The van der Waals surface area contributed by atoms with E-state index in [0.29, 0.717) is 6.54 Å². The minimum Gasteiger partial charge on any atom is -0.331 e. The molecule has 1 aromatic heterocycles. The third-order valence-corrected chi connectivity index (χ3v) is 5.41. The number of thiophene rings is 1. The molecule has 21 heavy (non-hydrogen) atoms. The molecule has 1 aromatic carbocycles. The third-order valence-electron chi connectivity index (χ3n) is 3.08. The normalized spacial score (nSPS) is 12.0. The highest BCUT2D eigenvalue weighted by Crippen LogP contribution is 2.24. The molecule has 0 spiro atoms. The molecule has 0 aliphatic heterocycles. The molecule has 2 aromatic rings. The van der Waals surface area contributed by atoms with E-state index in [-0.39, 0.29) is 12.1 Å². The monoisotopic (exact) mass is 430 g/mol. The molecule has 0 aliphatic carbocycles. The molecule has 112 valence electrons. The molecule has 2 rings (SSSR count). The minimum absolute atomic E-state index is 0.0504. The van der Waals surface area contributed by atoms with Crippen molar-refractivity contribution in [3.8, 4) is 0 Å². The van der Waals surface area contributed by atoms with Crippen LogP contribution in [0.15, 0.2) is 44.7 Å². The summed E-state index contributed by atoms with van der Waals surface area (Å²) in [6.07, 6.45) is 0. The van der Waals surface area contributed by atoms with Gasteiger partial charge in [0.25, 0.3) is 0 Å². The number of urea groups is 1. The molecule has 0 saturated heterocycles. The lowest BCUT2D eigenvalue weighted by atomic mass is 10.1. The Hall–Kier alpha value is -0.850. The smallest absolute Gasteiger partial charge is 0.317 e. The van der Waals surface area contributed by atoms with Crippen molar-refractivity contribution in [2.75, 3.05) is 7.05 Å². The third kappa shape index (κ3) is 4.56. The van der Waals surface area contributed by atoms with Crippen molar-refractivity contribution in [1.82, 2.24) is 10.2 Å². The molecule has 3 nitrogen and oxygen atoms in total. The second kappa shape index (κ2) is 7.42.